The monoisotopic (exact) mass is 293 g/mol. The van der Waals surface area contributed by atoms with Crippen LogP contribution in [0.2, 0.25) is 0 Å². The van der Waals surface area contributed by atoms with Gasteiger partial charge in [0.15, 0.2) is 0 Å². The van der Waals surface area contributed by atoms with Crippen LogP contribution >= 0.6 is 0 Å². The summed E-state index contributed by atoms with van der Waals surface area (Å²) in [6, 6.07) is 8.44. The van der Waals surface area contributed by atoms with Gasteiger partial charge >= 0.3 is 12.0 Å². The predicted octanol–water partition coefficient (Wildman–Crippen LogP) is 0.830. The highest BCUT2D eigenvalue weighted by Gasteiger charge is 2.12. The SMILES string of the molecule is COC(=O)CCN(C)C(=O)CNC(=O)Nc1ccccc1. The van der Waals surface area contributed by atoms with Crippen molar-refractivity contribution in [3.63, 3.8) is 0 Å². The maximum atomic E-state index is 11.7. The second-order valence-corrected chi connectivity index (χ2v) is 4.32. The summed E-state index contributed by atoms with van der Waals surface area (Å²) in [5.41, 5.74) is 0.640. The van der Waals surface area contributed by atoms with Gasteiger partial charge in [-0.1, -0.05) is 18.2 Å². The van der Waals surface area contributed by atoms with Crippen molar-refractivity contribution in [1.82, 2.24) is 10.2 Å². The molecule has 114 valence electrons. The third kappa shape index (κ3) is 6.42. The van der Waals surface area contributed by atoms with Gasteiger partial charge in [-0.2, -0.15) is 0 Å². The first-order valence-electron chi connectivity index (χ1n) is 6.43. The molecule has 0 spiro atoms. The molecule has 0 atom stereocenters. The molecular weight excluding hydrogens is 274 g/mol. The fourth-order valence-electron chi connectivity index (χ4n) is 1.47. The van der Waals surface area contributed by atoms with Crippen molar-refractivity contribution in [3.8, 4) is 0 Å². The molecule has 7 nitrogen and oxygen atoms in total. The van der Waals surface area contributed by atoms with Gasteiger partial charge in [-0.25, -0.2) is 4.79 Å². The van der Waals surface area contributed by atoms with E-state index in [0.29, 0.717) is 5.69 Å². The van der Waals surface area contributed by atoms with E-state index in [4.69, 9.17) is 0 Å². The molecular formula is C14H19N3O4. The molecule has 2 N–H and O–H groups in total. The molecule has 0 fully saturated rings. The first-order chi connectivity index (χ1) is 10.0. The van der Waals surface area contributed by atoms with Crippen LogP contribution in [0.25, 0.3) is 0 Å². The van der Waals surface area contributed by atoms with Crippen LogP contribution in [-0.4, -0.2) is 50.1 Å². The predicted molar refractivity (Wildman–Crippen MR) is 77.7 cm³/mol. The summed E-state index contributed by atoms with van der Waals surface area (Å²) in [6.45, 7) is 0.101. The number of nitrogens with zero attached hydrogens (tertiary/aromatic N) is 1. The lowest BCUT2D eigenvalue weighted by Crippen LogP contribution is -2.40. The number of rotatable bonds is 6. The Morgan fingerprint density at radius 1 is 1.19 bits per heavy atom. The number of ether oxygens (including phenoxy) is 1. The van der Waals surface area contributed by atoms with Crippen molar-refractivity contribution in [2.24, 2.45) is 0 Å². The van der Waals surface area contributed by atoms with Crippen LogP contribution in [-0.2, 0) is 14.3 Å². The molecule has 1 aromatic carbocycles. The number of para-hydroxylation sites is 1. The summed E-state index contributed by atoms with van der Waals surface area (Å²) in [4.78, 5) is 35.6. The molecule has 0 heterocycles. The molecule has 1 aromatic rings. The van der Waals surface area contributed by atoms with E-state index in [2.05, 4.69) is 15.4 Å². The minimum Gasteiger partial charge on any atom is -0.469 e. The quantitative estimate of drug-likeness (QED) is 0.760. The lowest BCUT2D eigenvalue weighted by Gasteiger charge is -2.16. The third-order valence-corrected chi connectivity index (χ3v) is 2.74. The number of esters is 1. The number of hydrogen-bond acceptors (Lipinski definition) is 4. The number of likely N-dealkylation sites (N-methyl/N-ethyl adjacent to an activating group) is 1. The average Bonchev–Trinajstić information content (AvgIpc) is 2.50. The van der Waals surface area contributed by atoms with Gasteiger partial charge in [-0.3, -0.25) is 9.59 Å². The zero-order valence-electron chi connectivity index (χ0n) is 12.1. The van der Waals surface area contributed by atoms with Gasteiger partial charge in [0.25, 0.3) is 0 Å². The zero-order chi connectivity index (χ0) is 15.7. The van der Waals surface area contributed by atoms with Gasteiger partial charge in [0.2, 0.25) is 5.91 Å². The molecule has 1 rings (SSSR count). The Morgan fingerprint density at radius 2 is 1.86 bits per heavy atom. The summed E-state index contributed by atoms with van der Waals surface area (Å²) in [5.74, 6) is -0.674. The minimum atomic E-state index is -0.462. The minimum absolute atomic E-state index is 0.120. The lowest BCUT2D eigenvalue weighted by atomic mass is 10.3. The van der Waals surface area contributed by atoms with Crippen molar-refractivity contribution in [2.75, 3.05) is 32.6 Å². The lowest BCUT2D eigenvalue weighted by molar-refractivity contribution is -0.141. The van der Waals surface area contributed by atoms with Crippen molar-refractivity contribution >= 4 is 23.6 Å². The zero-order valence-corrected chi connectivity index (χ0v) is 12.1. The molecule has 21 heavy (non-hydrogen) atoms. The Kier molecular flexibility index (Phi) is 6.73. The number of carbonyl (C=O) groups excluding carboxylic acids is 3. The van der Waals surface area contributed by atoms with E-state index >= 15 is 0 Å². The van der Waals surface area contributed by atoms with Crippen LogP contribution in [0.15, 0.2) is 30.3 Å². The molecule has 0 radical (unpaired) electrons. The van der Waals surface area contributed by atoms with Gasteiger partial charge < -0.3 is 20.3 Å². The van der Waals surface area contributed by atoms with E-state index in [1.165, 1.54) is 12.0 Å². The number of benzene rings is 1. The van der Waals surface area contributed by atoms with E-state index in [1.54, 1.807) is 31.3 Å². The highest BCUT2D eigenvalue weighted by atomic mass is 16.5. The second-order valence-electron chi connectivity index (χ2n) is 4.32. The number of amides is 3. The van der Waals surface area contributed by atoms with Crippen molar-refractivity contribution in [3.05, 3.63) is 30.3 Å². The number of carbonyl (C=O) groups is 3. The molecule has 0 aliphatic carbocycles. The molecule has 0 saturated carbocycles. The van der Waals surface area contributed by atoms with Crippen LogP contribution in [0.1, 0.15) is 6.42 Å². The molecule has 0 aromatic heterocycles. The summed E-state index contributed by atoms with van der Waals surface area (Å²) in [6.07, 6.45) is 0.120. The Labute approximate surface area is 123 Å². The van der Waals surface area contributed by atoms with Crippen molar-refractivity contribution in [1.29, 1.82) is 0 Å². The summed E-state index contributed by atoms with van der Waals surface area (Å²) in [7, 11) is 2.85. The number of anilines is 1. The normalized spacial score (nSPS) is 9.62. The molecule has 3 amide bonds. The van der Waals surface area contributed by atoms with Gasteiger partial charge in [0.05, 0.1) is 20.1 Å². The first kappa shape index (κ1) is 16.5. The number of urea groups is 1. The van der Waals surface area contributed by atoms with Gasteiger partial charge in [-0.15, -0.1) is 0 Å². The van der Waals surface area contributed by atoms with Crippen LogP contribution < -0.4 is 10.6 Å². The average molecular weight is 293 g/mol. The third-order valence-electron chi connectivity index (χ3n) is 2.74. The van der Waals surface area contributed by atoms with Crippen molar-refractivity contribution in [2.45, 2.75) is 6.42 Å². The maximum absolute atomic E-state index is 11.7. The van der Waals surface area contributed by atoms with Gasteiger partial charge in [0.1, 0.15) is 0 Å². The largest absolute Gasteiger partial charge is 0.469 e. The second kappa shape index (κ2) is 8.57. The van der Waals surface area contributed by atoms with E-state index < -0.39 is 6.03 Å². The topological polar surface area (TPSA) is 87.7 Å². The van der Waals surface area contributed by atoms with Crippen LogP contribution in [0.5, 0.6) is 0 Å². The number of nitrogens with one attached hydrogen (secondary N) is 2. The molecule has 0 bridgehead atoms. The highest BCUT2D eigenvalue weighted by Crippen LogP contribution is 2.03. The van der Waals surface area contributed by atoms with E-state index in [9.17, 15) is 14.4 Å². The maximum Gasteiger partial charge on any atom is 0.319 e. The van der Waals surface area contributed by atoms with E-state index in [1.807, 2.05) is 6.07 Å². The van der Waals surface area contributed by atoms with Gasteiger partial charge in [-0.05, 0) is 12.1 Å². The number of methoxy groups -OCH3 is 1. The fourth-order valence-corrected chi connectivity index (χ4v) is 1.47. The number of hydrogen-bond donors (Lipinski definition) is 2. The van der Waals surface area contributed by atoms with E-state index in [0.717, 1.165) is 0 Å². The fraction of sp³-hybridized carbons (Fsp3) is 0.357. The Morgan fingerprint density at radius 3 is 2.48 bits per heavy atom. The Bertz CT molecular complexity index is 490. The van der Waals surface area contributed by atoms with Crippen LogP contribution in [0.3, 0.4) is 0 Å². The highest BCUT2D eigenvalue weighted by molar-refractivity contribution is 5.92. The molecule has 0 unspecified atom stereocenters. The van der Waals surface area contributed by atoms with Crippen LogP contribution in [0.4, 0.5) is 10.5 Å². The molecule has 0 aliphatic rings. The summed E-state index contributed by atoms with van der Waals surface area (Å²) < 4.78 is 4.49. The molecule has 0 saturated heterocycles. The Balaban J connectivity index is 2.28. The first-order valence-corrected chi connectivity index (χ1v) is 6.43. The standard InChI is InChI=1S/C14H19N3O4/c1-17(9-8-13(19)21-2)12(18)10-15-14(20)16-11-6-4-3-5-7-11/h3-7H,8-10H2,1-2H3,(H2,15,16,20). The van der Waals surface area contributed by atoms with Gasteiger partial charge in [0, 0.05) is 19.3 Å². The van der Waals surface area contributed by atoms with E-state index in [-0.39, 0.29) is 31.4 Å². The van der Waals surface area contributed by atoms with Crippen LogP contribution in [0, 0.1) is 0 Å². The summed E-state index contributed by atoms with van der Waals surface area (Å²) in [5, 5.41) is 5.06. The molecule has 7 heteroatoms. The van der Waals surface area contributed by atoms with Crippen molar-refractivity contribution < 1.29 is 19.1 Å². The smallest absolute Gasteiger partial charge is 0.319 e. The molecule has 0 aliphatic heterocycles. The Hall–Kier alpha value is -2.57. The summed E-state index contributed by atoms with van der Waals surface area (Å²) >= 11 is 0.